The van der Waals surface area contributed by atoms with Crippen LogP contribution in [0.15, 0.2) is 24.3 Å². The Labute approximate surface area is 94.6 Å². The lowest BCUT2D eigenvalue weighted by molar-refractivity contribution is -0.122. The van der Waals surface area contributed by atoms with Crippen molar-refractivity contribution >= 4 is 17.5 Å². The molecule has 0 aliphatic rings. The number of nitrogens with two attached hydrogens (primary N) is 1. The van der Waals surface area contributed by atoms with E-state index < -0.39 is 6.04 Å². The Bertz CT molecular complexity index is 352. The molecule has 0 fully saturated rings. The first kappa shape index (κ1) is 12.0. The molecular formula is C11H15ClN2O. The molecule has 0 aromatic heterocycles. The molecule has 0 saturated carbocycles. The Kier molecular flexibility index (Phi) is 4.12. The Hall–Kier alpha value is -1.06. The van der Waals surface area contributed by atoms with E-state index in [2.05, 4.69) is 5.32 Å². The van der Waals surface area contributed by atoms with E-state index in [1.54, 1.807) is 13.0 Å². The average molecular weight is 227 g/mol. The summed E-state index contributed by atoms with van der Waals surface area (Å²) in [4.78, 5) is 11.3. The Morgan fingerprint density at radius 2 is 2.13 bits per heavy atom. The van der Waals surface area contributed by atoms with E-state index in [4.69, 9.17) is 17.3 Å². The Balaban J connectivity index is 2.69. The fraction of sp³-hybridized carbons (Fsp3) is 0.364. The monoisotopic (exact) mass is 226 g/mol. The van der Waals surface area contributed by atoms with E-state index in [1.165, 1.54) is 0 Å². The van der Waals surface area contributed by atoms with Crippen LogP contribution in [0.25, 0.3) is 0 Å². The number of hydrogen-bond donors (Lipinski definition) is 2. The molecule has 15 heavy (non-hydrogen) atoms. The van der Waals surface area contributed by atoms with Gasteiger partial charge in [0.25, 0.3) is 0 Å². The number of rotatable bonds is 3. The molecule has 4 heteroatoms. The summed E-state index contributed by atoms with van der Waals surface area (Å²) >= 11 is 5.85. The number of carbonyl (C=O) groups excluding carboxylic acids is 1. The first-order valence-electron chi connectivity index (χ1n) is 4.82. The topological polar surface area (TPSA) is 55.1 Å². The zero-order valence-corrected chi connectivity index (χ0v) is 9.58. The van der Waals surface area contributed by atoms with Crippen molar-refractivity contribution in [1.29, 1.82) is 0 Å². The molecule has 1 aromatic carbocycles. The van der Waals surface area contributed by atoms with Crippen LogP contribution in [0.1, 0.15) is 25.5 Å². The Morgan fingerprint density at radius 3 is 2.67 bits per heavy atom. The molecule has 1 rings (SSSR count). The molecule has 0 aliphatic heterocycles. The maximum absolute atomic E-state index is 11.3. The van der Waals surface area contributed by atoms with Crippen LogP contribution < -0.4 is 11.1 Å². The fourth-order valence-corrected chi connectivity index (χ4v) is 1.40. The maximum atomic E-state index is 11.3. The molecule has 0 saturated heterocycles. The van der Waals surface area contributed by atoms with E-state index in [9.17, 15) is 4.79 Å². The van der Waals surface area contributed by atoms with Crippen molar-refractivity contribution in [2.45, 2.75) is 25.9 Å². The van der Waals surface area contributed by atoms with Crippen LogP contribution in [0.2, 0.25) is 5.02 Å². The summed E-state index contributed by atoms with van der Waals surface area (Å²) in [5.41, 5.74) is 6.42. The minimum atomic E-state index is -0.494. The van der Waals surface area contributed by atoms with E-state index >= 15 is 0 Å². The highest BCUT2D eigenvalue weighted by molar-refractivity contribution is 6.30. The second kappa shape index (κ2) is 5.14. The van der Waals surface area contributed by atoms with Gasteiger partial charge in [-0.25, -0.2) is 0 Å². The van der Waals surface area contributed by atoms with Gasteiger partial charge < -0.3 is 11.1 Å². The summed E-state index contributed by atoms with van der Waals surface area (Å²) in [5.74, 6) is -0.164. The molecule has 0 spiro atoms. The molecule has 0 heterocycles. The highest BCUT2D eigenvalue weighted by Crippen LogP contribution is 2.17. The van der Waals surface area contributed by atoms with Crippen LogP contribution in [0, 0.1) is 0 Å². The van der Waals surface area contributed by atoms with E-state index in [1.807, 2.05) is 25.1 Å². The average Bonchev–Trinajstić information content (AvgIpc) is 2.17. The van der Waals surface area contributed by atoms with Crippen molar-refractivity contribution in [2.24, 2.45) is 5.73 Å². The molecule has 2 atom stereocenters. The van der Waals surface area contributed by atoms with Crippen molar-refractivity contribution in [3.05, 3.63) is 34.9 Å². The molecule has 1 amide bonds. The number of amides is 1. The van der Waals surface area contributed by atoms with Gasteiger partial charge in [-0.15, -0.1) is 0 Å². The van der Waals surface area contributed by atoms with Crippen LogP contribution in [0.4, 0.5) is 0 Å². The predicted molar refractivity (Wildman–Crippen MR) is 61.7 cm³/mol. The SMILES string of the molecule is CC(N)C(=O)NC(C)c1cccc(Cl)c1. The van der Waals surface area contributed by atoms with Gasteiger partial charge in [0.2, 0.25) is 5.91 Å². The van der Waals surface area contributed by atoms with Gasteiger partial charge in [0.05, 0.1) is 12.1 Å². The molecule has 0 bridgehead atoms. The van der Waals surface area contributed by atoms with Crippen molar-refractivity contribution < 1.29 is 4.79 Å². The lowest BCUT2D eigenvalue weighted by Gasteiger charge is -2.16. The molecule has 3 N–H and O–H groups in total. The lowest BCUT2D eigenvalue weighted by atomic mass is 10.1. The highest BCUT2D eigenvalue weighted by Gasteiger charge is 2.12. The number of benzene rings is 1. The molecule has 0 radical (unpaired) electrons. The summed E-state index contributed by atoms with van der Waals surface area (Å²) in [6.45, 7) is 3.55. The van der Waals surface area contributed by atoms with Gasteiger partial charge in [0.1, 0.15) is 0 Å². The first-order valence-corrected chi connectivity index (χ1v) is 5.20. The van der Waals surface area contributed by atoms with Crippen LogP contribution in [-0.2, 0) is 4.79 Å². The second-order valence-corrected chi connectivity index (χ2v) is 4.01. The maximum Gasteiger partial charge on any atom is 0.237 e. The number of carbonyl (C=O) groups is 1. The van der Waals surface area contributed by atoms with Gasteiger partial charge in [-0.1, -0.05) is 23.7 Å². The van der Waals surface area contributed by atoms with Gasteiger partial charge in [-0.3, -0.25) is 4.79 Å². The number of halogens is 1. The zero-order chi connectivity index (χ0) is 11.4. The minimum absolute atomic E-state index is 0.0813. The van der Waals surface area contributed by atoms with Gasteiger partial charge in [-0.2, -0.15) is 0 Å². The third kappa shape index (κ3) is 3.53. The molecule has 3 nitrogen and oxygen atoms in total. The molecular weight excluding hydrogens is 212 g/mol. The third-order valence-electron chi connectivity index (χ3n) is 2.12. The van der Waals surface area contributed by atoms with E-state index in [-0.39, 0.29) is 11.9 Å². The van der Waals surface area contributed by atoms with Crippen LogP contribution in [-0.4, -0.2) is 11.9 Å². The third-order valence-corrected chi connectivity index (χ3v) is 2.36. The Morgan fingerprint density at radius 1 is 1.47 bits per heavy atom. The number of nitrogens with one attached hydrogen (secondary N) is 1. The van der Waals surface area contributed by atoms with Crippen LogP contribution >= 0.6 is 11.6 Å². The van der Waals surface area contributed by atoms with Crippen molar-refractivity contribution in [2.75, 3.05) is 0 Å². The molecule has 0 aliphatic carbocycles. The summed E-state index contributed by atoms with van der Waals surface area (Å²) in [5, 5.41) is 3.46. The quantitative estimate of drug-likeness (QED) is 0.827. The summed E-state index contributed by atoms with van der Waals surface area (Å²) < 4.78 is 0. The fourth-order valence-electron chi connectivity index (χ4n) is 1.20. The van der Waals surface area contributed by atoms with E-state index in [0.29, 0.717) is 5.02 Å². The lowest BCUT2D eigenvalue weighted by Crippen LogP contribution is -2.39. The molecule has 2 unspecified atom stereocenters. The largest absolute Gasteiger partial charge is 0.348 e. The smallest absolute Gasteiger partial charge is 0.237 e. The molecule has 82 valence electrons. The van der Waals surface area contributed by atoms with Gasteiger partial charge in [0, 0.05) is 5.02 Å². The summed E-state index contributed by atoms with van der Waals surface area (Å²) in [6, 6.07) is 6.82. The number of hydrogen-bond acceptors (Lipinski definition) is 2. The zero-order valence-electron chi connectivity index (χ0n) is 8.83. The minimum Gasteiger partial charge on any atom is -0.348 e. The molecule has 1 aromatic rings. The van der Waals surface area contributed by atoms with E-state index in [0.717, 1.165) is 5.56 Å². The summed E-state index contributed by atoms with van der Waals surface area (Å²) in [6.07, 6.45) is 0. The second-order valence-electron chi connectivity index (χ2n) is 3.57. The summed E-state index contributed by atoms with van der Waals surface area (Å²) in [7, 11) is 0. The van der Waals surface area contributed by atoms with Gasteiger partial charge in [-0.05, 0) is 31.5 Å². The normalized spacial score (nSPS) is 14.4. The van der Waals surface area contributed by atoms with Gasteiger partial charge >= 0.3 is 0 Å². The van der Waals surface area contributed by atoms with Crippen LogP contribution in [0.3, 0.4) is 0 Å². The first-order chi connectivity index (χ1) is 7.00. The van der Waals surface area contributed by atoms with Crippen LogP contribution in [0.5, 0.6) is 0 Å². The standard InChI is InChI=1S/C11H15ClN2O/c1-7(13)11(15)14-8(2)9-4-3-5-10(12)6-9/h3-8H,13H2,1-2H3,(H,14,15). The van der Waals surface area contributed by atoms with Crippen molar-refractivity contribution in [1.82, 2.24) is 5.32 Å². The van der Waals surface area contributed by atoms with Gasteiger partial charge in [0.15, 0.2) is 0 Å². The van der Waals surface area contributed by atoms with Crippen molar-refractivity contribution in [3.63, 3.8) is 0 Å². The van der Waals surface area contributed by atoms with Crippen molar-refractivity contribution in [3.8, 4) is 0 Å². The highest BCUT2D eigenvalue weighted by atomic mass is 35.5. The predicted octanol–water partition coefficient (Wildman–Crippen LogP) is 1.86.